The van der Waals surface area contributed by atoms with Gasteiger partial charge in [0.2, 0.25) is 0 Å². The van der Waals surface area contributed by atoms with Gasteiger partial charge in [-0.05, 0) is 29.3 Å². The molecule has 28 heavy (non-hydrogen) atoms. The normalized spacial score (nSPS) is 15.5. The van der Waals surface area contributed by atoms with Crippen LogP contribution in [0, 0.1) is 0 Å². The van der Waals surface area contributed by atoms with E-state index in [1.54, 1.807) is 36.3 Å². The van der Waals surface area contributed by atoms with Gasteiger partial charge in [0.15, 0.2) is 5.82 Å². The van der Waals surface area contributed by atoms with Crippen LogP contribution in [-0.4, -0.2) is 33.5 Å². The summed E-state index contributed by atoms with van der Waals surface area (Å²) < 4.78 is 6.88. The number of nitrogens with zero attached hydrogens (tertiary/aromatic N) is 3. The van der Waals surface area contributed by atoms with Crippen LogP contribution in [0.15, 0.2) is 55.0 Å². The second kappa shape index (κ2) is 7.51. The molecule has 1 aliphatic rings. The predicted molar refractivity (Wildman–Crippen MR) is 101 cm³/mol. The third kappa shape index (κ3) is 3.57. The largest absolute Gasteiger partial charge is 0.497 e. The third-order valence-corrected chi connectivity index (χ3v) is 4.59. The van der Waals surface area contributed by atoms with Crippen molar-refractivity contribution < 1.29 is 14.3 Å². The molecule has 0 saturated heterocycles. The monoisotopic (exact) mass is 377 g/mol. The number of ether oxygens (including phenoxy) is 1. The molecular weight excluding hydrogens is 358 g/mol. The van der Waals surface area contributed by atoms with Crippen LogP contribution >= 0.6 is 0 Å². The van der Waals surface area contributed by atoms with Gasteiger partial charge in [0, 0.05) is 31.7 Å². The average molecular weight is 377 g/mol. The van der Waals surface area contributed by atoms with Crippen LogP contribution in [0.5, 0.6) is 5.75 Å². The van der Waals surface area contributed by atoms with E-state index in [4.69, 9.17) is 4.74 Å². The third-order valence-electron chi connectivity index (χ3n) is 4.59. The molecule has 3 aromatic rings. The Morgan fingerprint density at radius 3 is 2.86 bits per heavy atom. The Morgan fingerprint density at radius 1 is 1.32 bits per heavy atom. The van der Waals surface area contributed by atoms with Crippen molar-refractivity contribution in [1.29, 1.82) is 0 Å². The summed E-state index contributed by atoms with van der Waals surface area (Å²) in [5.41, 5.74) is 2.05. The number of amides is 2. The molecule has 1 atom stereocenters. The van der Waals surface area contributed by atoms with Gasteiger partial charge in [0.25, 0.3) is 11.8 Å². The van der Waals surface area contributed by atoms with E-state index in [2.05, 4.69) is 20.6 Å². The Bertz CT molecular complexity index is 998. The van der Waals surface area contributed by atoms with Gasteiger partial charge >= 0.3 is 0 Å². The van der Waals surface area contributed by atoms with Gasteiger partial charge in [0.05, 0.1) is 13.2 Å². The smallest absolute Gasteiger partial charge is 0.287 e. The number of aromatic nitrogens is 3. The van der Waals surface area contributed by atoms with Crippen LogP contribution in [-0.2, 0) is 13.1 Å². The Hall–Kier alpha value is -3.68. The molecule has 142 valence electrons. The lowest BCUT2D eigenvalue weighted by molar-refractivity contribution is 0.0894. The number of pyridine rings is 1. The zero-order chi connectivity index (χ0) is 19.5. The Kier molecular flexibility index (Phi) is 4.76. The van der Waals surface area contributed by atoms with Crippen molar-refractivity contribution in [3.05, 3.63) is 77.6 Å². The van der Waals surface area contributed by atoms with E-state index in [-0.39, 0.29) is 29.4 Å². The molecule has 8 nitrogen and oxygen atoms in total. The summed E-state index contributed by atoms with van der Waals surface area (Å²) in [6, 6.07) is 11.0. The van der Waals surface area contributed by atoms with Crippen LogP contribution in [0.2, 0.25) is 0 Å². The molecule has 1 aromatic carbocycles. The van der Waals surface area contributed by atoms with Crippen molar-refractivity contribution in [3.63, 3.8) is 0 Å². The summed E-state index contributed by atoms with van der Waals surface area (Å²) in [6.07, 6.45) is 4.97. The number of fused-ring (bicyclic) bond motifs is 1. The highest BCUT2D eigenvalue weighted by Crippen LogP contribution is 2.23. The maximum Gasteiger partial charge on any atom is 0.287 e. The highest BCUT2D eigenvalue weighted by atomic mass is 16.5. The van der Waals surface area contributed by atoms with Crippen molar-refractivity contribution in [1.82, 2.24) is 25.2 Å². The van der Waals surface area contributed by atoms with Crippen LogP contribution in [0.4, 0.5) is 0 Å². The lowest BCUT2D eigenvalue weighted by Gasteiger charge is -2.25. The van der Waals surface area contributed by atoms with E-state index in [1.807, 2.05) is 30.3 Å². The van der Waals surface area contributed by atoms with Gasteiger partial charge in [-0.25, -0.2) is 4.98 Å². The zero-order valence-corrected chi connectivity index (χ0v) is 15.3. The van der Waals surface area contributed by atoms with Crippen LogP contribution < -0.4 is 15.4 Å². The molecule has 3 heterocycles. The first kappa shape index (κ1) is 17.7. The summed E-state index contributed by atoms with van der Waals surface area (Å²) in [6.45, 7) is 0.839. The molecule has 1 unspecified atom stereocenters. The van der Waals surface area contributed by atoms with E-state index in [0.717, 1.165) is 16.9 Å². The fourth-order valence-electron chi connectivity index (χ4n) is 3.11. The van der Waals surface area contributed by atoms with Crippen LogP contribution in [0.1, 0.15) is 38.3 Å². The molecule has 0 spiro atoms. The summed E-state index contributed by atoms with van der Waals surface area (Å²) in [4.78, 5) is 33.1. The number of hydrogen-bond donors (Lipinski definition) is 2. The molecule has 4 rings (SSSR count). The summed E-state index contributed by atoms with van der Waals surface area (Å²) >= 11 is 0. The molecule has 0 fully saturated rings. The molecule has 2 N–H and O–H groups in total. The molecule has 2 amide bonds. The average Bonchev–Trinajstić information content (AvgIpc) is 3.18. The number of hydrogen-bond acceptors (Lipinski definition) is 5. The van der Waals surface area contributed by atoms with Crippen molar-refractivity contribution in [2.24, 2.45) is 0 Å². The first-order valence-electron chi connectivity index (χ1n) is 8.83. The minimum atomic E-state index is -0.334. The fraction of sp³-hybridized carbons (Fsp3) is 0.200. The lowest BCUT2D eigenvalue weighted by atomic mass is 10.1. The highest BCUT2D eigenvalue weighted by Gasteiger charge is 2.28. The molecule has 2 aromatic heterocycles. The number of nitrogens with one attached hydrogen (secondary N) is 2. The number of benzene rings is 1. The van der Waals surface area contributed by atoms with Gasteiger partial charge in [-0.3, -0.25) is 14.6 Å². The second-order valence-electron chi connectivity index (χ2n) is 6.45. The molecular formula is C20H19N5O3. The number of imidazole rings is 1. The summed E-state index contributed by atoms with van der Waals surface area (Å²) in [5.74, 6) is 0.344. The summed E-state index contributed by atoms with van der Waals surface area (Å²) in [7, 11) is 1.61. The lowest BCUT2D eigenvalue weighted by Crippen LogP contribution is -2.38. The van der Waals surface area contributed by atoms with Gasteiger partial charge in [-0.15, -0.1) is 0 Å². The van der Waals surface area contributed by atoms with Crippen molar-refractivity contribution in [2.45, 2.75) is 19.1 Å². The van der Waals surface area contributed by atoms with Crippen molar-refractivity contribution in [2.75, 3.05) is 7.11 Å². The molecule has 0 aliphatic carbocycles. The first-order valence-corrected chi connectivity index (χ1v) is 8.83. The number of carbonyl (C=O) groups excluding carboxylic acids is 2. The fourth-order valence-corrected chi connectivity index (χ4v) is 3.11. The van der Waals surface area contributed by atoms with E-state index in [1.165, 1.54) is 0 Å². The number of methoxy groups -OCH3 is 1. The molecule has 0 bridgehead atoms. The SMILES string of the molecule is COc1ccc(C2Cn3cc(C(=O)NCc4cccnc4)nc3C(=O)N2)cc1. The number of rotatable bonds is 5. The Labute approximate surface area is 161 Å². The standard InChI is InChI=1S/C20H19N5O3/c1-28-15-6-4-14(5-7-15)16-11-25-12-17(23-18(25)20(27)24-16)19(26)22-10-13-3-2-8-21-9-13/h2-9,12,16H,10-11H2,1H3,(H,22,26)(H,24,27). The predicted octanol–water partition coefficient (Wildman–Crippen LogP) is 1.70. The van der Waals surface area contributed by atoms with Gasteiger partial charge in [0.1, 0.15) is 11.4 Å². The first-order chi connectivity index (χ1) is 13.6. The molecule has 0 radical (unpaired) electrons. The van der Waals surface area contributed by atoms with E-state index < -0.39 is 0 Å². The van der Waals surface area contributed by atoms with E-state index >= 15 is 0 Å². The van der Waals surface area contributed by atoms with Gasteiger partial charge in [-0.1, -0.05) is 18.2 Å². The minimum Gasteiger partial charge on any atom is -0.497 e. The van der Waals surface area contributed by atoms with Crippen molar-refractivity contribution in [3.8, 4) is 5.75 Å². The minimum absolute atomic E-state index is 0.202. The van der Waals surface area contributed by atoms with Crippen LogP contribution in [0.3, 0.4) is 0 Å². The Morgan fingerprint density at radius 2 is 2.14 bits per heavy atom. The quantitative estimate of drug-likeness (QED) is 0.705. The molecule has 0 saturated carbocycles. The maximum absolute atomic E-state index is 12.4. The van der Waals surface area contributed by atoms with Gasteiger partial charge in [-0.2, -0.15) is 0 Å². The number of carbonyl (C=O) groups is 2. The van der Waals surface area contributed by atoms with E-state index in [9.17, 15) is 9.59 Å². The van der Waals surface area contributed by atoms with Gasteiger partial charge < -0.3 is 19.9 Å². The Balaban J connectivity index is 1.48. The molecule has 8 heteroatoms. The summed E-state index contributed by atoms with van der Waals surface area (Å²) in [5, 5.41) is 5.73. The van der Waals surface area contributed by atoms with E-state index in [0.29, 0.717) is 13.1 Å². The maximum atomic E-state index is 12.4. The topological polar surface area (TPSA) is 98.1 Å². The highest BCUT2D eigenvalue weighted by molar-refractivity contribution is 5.96. The van der Waals surface area contributed by atoms with Crippen LogP contribution in [0.25, 0.3) is 0 Å². The van der Waals surface area contributed by atoms with Crippen molar-refractivity contribution >= 4 is 11.8 Å². The zero-order valence-electron chi connectivity index (χ0n) is 15.3. The second-order valence-corrected chi connectivity index (χ2v) is 6.45. The molecule has 1 aliphatic heterocycles.